The van der Waals surface area contributed by atoms with Crippen LogP contribution in [-0.2, 0) is 7.05 Å². The third-order valence-corrected chi connectivity index (χ3v) is 2.51. The zero-order valence-electron chi connectivity index (χ0n) is 10.4. The van der Waals surface area contributed by atoms with Crippen molar-refractivity contribution in [2.45, 2.75) is 6.92 Å². The molecule has 2 aromatic heterocycles. The number of aryl methyl sites for hydroxylation is 2. The molecule has 0 bridgehead atoms. The van der Waals surface area contributed by atoms with Crippen molar-refractivity contribution in [1.29, 1.82) is 0 Å². The quantitative estimate of drug-likeness (QED) is 0.860. The van der Waals surface area contributed by atoms with E-state index in [0.717, 1.165) is 0 Å². The minimum absolute atomic E-state index is 0.0814. The van der Waals surface area contributed by atoms with Crippen LogP contribution in [0.1, 0.15) is 26.5 Å². The van der Waals surface area contributed by atoms with Gasteiger partial charge in [-0.15, -0.1) is 0 Å². The SMILES string of the molecule is Cc1nc(C(=O)Nc2cnn(C)c2)ccc1C(=O)O. The standard InChI is InChI=1S/C12H12N4O3/c1-7-9(12(18)19)3-4-10(14-7)11(17)15-8-5-13-16(2)6-8/h3-6H,1-2H3,(H,15,17)(H,18,19). The molecule has 2 N–H and O–H groups in total. The van der Waals surface area contributed by atoms with E-state index in [0.29, 0.717) is 11.4 Å². The highest BCUT2D eigenvalue weighted by Gasteiger charge is 2.13. The molecule has 2 heterocycles. The summed E-state index contributed by atoms with van der Waals surface area (Å²) in [5.41, 5.74) is 1.09. The van der Waals surface area contributed by atoms with Gasteiger partial charge < -0.3 is 10.4 Å². The number of carboxylic acids is 1. The Balaban J connectivity index is 2.20. The fraction of sp³-hybridized carbons (Fsp3) is 0.167. The highest BCUT2D eigenvalue weighted by Crippen LogP contribution is 2.10. The molecule has 7 nitrogen and oxygen atoms in total. The van der Waals surface area contributed by atoms with Crippen molar-refractivity contribution < 1.29 is 14.7 Å². The molecule has 98 valence electrons. The number of carboxylic acid groups (broad SMARTS) is 1. The fourth-order valence-corrected chi connectivity index (χ4v) is 1.59. The van der Waals surface area contributed by atoms with E-state index in [9.17, 15) is 9.59 Å². The normalized spacial score (nSPS) is 10.2. The smallest absolute Gasteiger partial charge is 0.337 e. The largest absolute Gasteiger partial charge is 0.478 e. The van der Waals surface area contributed by atoms with E-state index in [2.05, 4.69) is 15.4 Å². The van der Waals surface area contributed by atoms with E-state index in [1.807, 2.05) is 0 Å². The summed E-state index contributed by atoms with van der Waals surface area (Å²) in [6.45, 7) is 1.55. The predicted octanol–water partition coefficient (Wildman–Crippen LogP) is 1.07. The van der Waals surface area contributed by atoms with Gasteiger partial charge in [0.25, 0.3) is 5.91 Å². The van der Waals surface area contributed by atoms with E-state index in [-0.39, 0.29) is 11.3 Å². The first-order chi connectivity index (χ1) is 8.97. The maximum Gasteiger partial charge on any atom is 0.337 e. The van der Waals surface area contributed by atoms with E-state index in [1.165, 1.54) is 18.3 Å². The lowest BCUT2D eigenvalue weighted by molar-refractivity contribution is 0.0695. The van der Waals surface area contributed by atoms with Gasteiger partial charge >= 0.3 is 5.97 Å². The van der Waals surface area contributed by atoms with Gasteiger partial charge in [0, 0.05) is 13.2 Å². The molecule has 0 saturated heterocycles. The van der Waals surface area contributed by atoms with E-state index in [4.69, 9.17) is 5.11 Å². The first kappa shape index (κ1) is 12.7. The zero-order valence-corrected chi connectivity index (χ0v) is 10.4. The molecule has 0 fully saturated rings. The van der Waals surface area contributed by atoms with Crippen LogP contribution in [0.25, 0.3) is 0 Å². The Hall–Kier alpha value is -2.70. The number of rotatable bonds is 3. The van der Waals surface area contributed by atoms with Crippen LogP contribution in [0.5, 0.6) is 0 Å². The maximum absolute atomic E-state index is 11.9. The zero-order chi connectivity index (χ0) is 14.0. The molecular weight excluding hydrogens is 248 g/mol. The summed E-state index contributed by atoms with van der Waals surface area (Å²) in [5.74, 6) is -1.47. The Morgan fingerprint density at radius 2 is 2.11 bits per heavy atom. The van der Waals surface area contributed by atoms with Gasteiger partial charge in [-0.3, -0.25) is 9.48 Å². The van der Waals surface area contributed by atoms with Crippen LogP contribution in [0.2, 0.25) is 0 Å². The molecule has 0 unspecified atom stereocenters. The number of anilines is 1. The lowest BCUT2D eigenvalue weighted by Crippen LogP contribution is -2.15. The van der Waals surface area contributed by atoms with Crippen LogP contribution in [-0.4, -0.2) is 31.7 Å². The third kappa shape index (κ3) is 2.76. The molecule has 0 aliphatic rings. The van der Waals surface area contributed by atoms with Gasteiger partial charge in [0.05, 0.1) is 23.1 Å². The minimum atomic E-state index is -1.07. The van der Waals surface area contributed by atoms with Gasteiger partial charge in [0.2, 0.25) is 0 Å². The van der Waals surface area contributed by atoms with E-state index in [1.54, 1.807) is 24.9 Å². The van der Waals surface area contributed by atoms with Crippen LogP contribution in [0.15, 0.2) is 24.5 Å². The number of hydrogen-bond donors (Lipinski definition) is 2. The number of carbonyl (C=O) groups is 2. The number of pyridine rings is 1. The molecule has 2 aromatic rings. The van der Waals surface area contributed by atoms with Crippen LogP contribution in [0.4, 0.5) is 5.69 Å². The van der Waals surface area contributed by atoms with Gasteiger partial charge in [0.15, 0.2) is 0 Å². The Bertz CT molecular complexity index is 648. The number of amides is 1. The molecule has 0 spiro atoms. The monoisotopic (exact) mass is 260 g/mol. The molecule has 2 rings (SSSR count). The van der Waals surface area contributed by atoms with Crippen LogP contribution < -0.4 is 5.32 Å². The Morgan fingerprint density at radius 1 is 1.37 bits per heavy atom. The molecule has 0 atom stereocenters. The van der Waals surface area contributed by atoms with Crippen LogP contribution in [0, 0.1) is 6.92 Å². The van der Waals surface area contributed by atoms with Crippen molar-refractivity contribution >= 4 is 17.6 Å². The van der Waals surface area contributed by atoms with Crippen molar-refractivity contribution in [2.24, 2.45) is 7.05 Å². The van der Waals surface area contributed by atoms with Gasteiger partial charge in [-0.1, -0.05) is 0 Å². The van der Waals surface area contributed by atoms with Crippen molar-refractivity contribution in [3.8, 4) is 0 Å². The Kier molecular flexibility index (Phi) is 3.28. The summed E-state index contributed by atoms with van der Waals surface area (Å²) in [5, 5.41) is 15.4. The molecule has 7 heteroatoms. The second-order valence-corrected chi connectivity index (χ2v) is 3.99. The van der Waals surface area contributed by atoms with Gasteiger partial charge in [-0.25, -0.2) is 9.78 Å². The maximum atomic E-state index is 11.9. The highest BCUT2D eigenvalue weighted by molar-refractivity contribution is 6.03. The summed E-state index contributed by atoms with van der Waals surface area (Å²) < 4.78 is 1.56. The average molecular weight is 260 g/mol. The molecule has 1 amide bonds. The summed E-state index contributed by atoms with van der Waals surface area (Å²) in [6, 6.07) is 2.74. The van der Waals surface area contributed by atoms with Gasteiger partial charge in [0.1, 0.15) is 5.69 Å². The van der Waals surface area contributed by atoms with Gasteiger partial charge in [-0.2, -0.15) is 5.10 Å². The molecule has 0 saturated carbocycles. The summed E-state index contributed by atoms with van der Waals surface area (Å²) in [6.07, 6.45) is 3.16. The molecule has 0 aliphatic heterocycles. The predicted molar refractivity (Wildman–Crippen MR) is 67.1 cm³/mol. The topological polar surface area (TPSA) is 97.1 Å². The number of nitrogens with one attached hydrogen (secondary N) is 1. The number of nitrogens with zero attached hydrogens (tertiary/aromatic N) is 3. The molecule has 19 heavy (non-hydrogen) atoms. The first-order valence-corrected chi connectivity index (χ1v) is 5.48. The van der Waals surface area contributed by atoms with Crippen LogP contribution in [0.3, 0.4) is 0 Å². The molecule has 0 aromatic carbocycles. The van der Waals surface area contributed by atoms with Crippen molar-refractivity contribution in [3.05, 3.63) is 41.5 Å². The lowest BCUT2D eigenvalue weighted by Gasteiger charge is -2.04. The summed E-state index contributed by atoms with van der Waals surface area (Å²) >= 11 is 0. The van der Waals surface area contributed by atoms with Crippen LogP contribution >= 0.6 is 0 Å². The van der Waals surface area contributed by atoms with Crippen molar-refractivity contribution in [1.82, 2.24) is 14.8 Å². The Labute approximate surface area is 108 Å². The average Bonchev–Trinajstić information content (AvgIpc) is 2.74. The molecular formula is C12H12N4O3. The van der Waals surface area contributed by atoms with Gasteiger partial charge in [-0.05, 0) is 19.1 Å². The molecule has 0 radical (unpaired) electrons. The van der Waals surface area contributed by atoms with E-state index >= 15 is 0 Å². The minimum Gasteiger partial charge on any atom is -0.478 e. The fourth-order valence-electron chi connectivity index (χ4n) is 1.59. The second kappa shape index (κ2) is 4.89. The summed E-state index contributed by atoms with van der Waals surface area (Å²) in [7, 11) is 1.74. The second-order valence-electron chi connectivity index (χ2n) is 3.99. The number of aromatic carboxylic acids is 1. The third-order valence-electron chi connectivity index (χ3n) is 2.51. The van der Waals surface area contributed by atoms with E-state index < -0.39 is 11.9 Å². The number of hydrogen-bond acceptors (Lipinski definition) is 4. The number of aromatic nitrogens is 3. The highest BCUT2D eigenvalue weighted by atomic mass is 16.4. The Morgan fingerprint density at radius 3 is 2.63 bits per heavy atom. The van der Waals surface area contributed by atoms with Crippen molar-refractivity contribution in [3.63, 3.8) is 0 Å². The number of carbonyl (C=O) groups excluding carboxylic acids is 1. The summed E-state index contributed by atoms with van der Waals surface area (Å²) in [4.78, 5) is 26.7. The molecule has 0 aliphatic carbocycles. The first-order valence-electron chi connectivity index (χ1n) is 5.48. The van der Waals surface area contributed by atoms with Crippen molar-refractivity contribution in [2.75, 3.05) is 5.32 Å². The lowest BCUT2D eigenvalue weighted by atomic mass is 10.2.